The van der Waals surface area contributed by atoms with Gasteiger partial charge >= 0.3 is 0 Å². The first-order valence-corrected chi connectivity index (χ1v) is 15.1. The molecular weight excluding hydrogens is 522 g/mol. The number of rotatable bonds is 3. The zero-order valence-corrected chi connectivity index (χ0v) is 23.7. The monoisotopic (exact) mass is 551 g/mol. The Balaban J connectivity index is 1.36. The van der Waals surface area contributed by atoms with Crippen LogP contribution >= 0.6 is 0 Å². The highest BCUT2D eigenvalue weighted by Crippen LogP contribution is 2.42. The lowest BCUT2D eigenvalue weighted by molar-refractivity contribution is 0.852. The molecule has 9 rings (SSSR count). The molecule has 8 aromatic rings. The average Bonchev–Trinajstić information content (AvgIpc) is 3.46. The molecule has 204 valence electrons. The Morgan fingerprint density at radius 1 is 0.558 bits per heavy atom. The highest BCUT2D eigenvalue weighted by atomic mass is 15.1. The zero-order chi connectivity index (χ0) is 28.3. The lowest BCUT2D eigenvalue weighted by Gasteiger charge is -2.13. The van der Waals surface area contributed by atoms with E-state index in [-0.39, 0.29) is 0 Å². The first-order valence-electron chi connectivity index (χ1n) is 15.1. The minimum absolute atomic E-state index is 0.937. The number of hydrogen-bond acceptors (Lipinski definition) is 1. The quantitative estimate of drug-likeness (QED) is 0.214. The lowest BCUT2D eigenvalue weighted by atomic mass is 9.95. The van der Waals surface area contributed by atoms with E-state index in [1.165, 1.54) is 55.7 Å². The van der Waals surface area contributed by atoms with Gasteiger partial charge in [0.25, 0.3) is 0 Å². The molecular formula is C40H29N3. The summed E-state index contributed by atoms with van der Waals surface area (Å²) in [4.78, 5) is 5.36. The summed E-state index contributed by atoms with van der Waals surface area (Å²) in [5.74, 6) is 0.937. The predicted octanol–water partition coefficient (Wildman–Crippen LogP) is 10.3. The molecule has 0 fully saturated rings. The molecule has 3 heteroatoms. The molecule has 0 radical (unpaired) electrons. The van der Waals surface area contributed by atoms with Gasteiger partial charge in [0.15, 0.2) is 0 Å². The average molecular weight is 552 g/mol. The smallest absolute Gasteiger partial charge is 0.138 e. The fraction of sp³-hybridized carbons (Fsp3) is 0.0750. The molecule has 43 heavy (non-hydrogen) atoms. The van der Waals surface area contributed by atoms with Gasteiger partial charge in [-0.2, -0.15) is 0 Å². The molecule has 3 nitrogen and oxygen atoms in total. The standard InChI is InChI=1S/C40H29N3/c1-3-13-27-14-11-20-30(29(27)17-6-1)34-21-12-24-38(41-34)43-36-23-10-8-19-33(36)39-37(43)26-25-32-31-18-7-9-22-35(31)42(40(32)39)28-15-4-2-5-16-28/h2-5,7-16,18-26H,1,6,17H2. The van der Waals surface area contributed by atoms with Gasteiger partial charge in [-0.05, 0) is 72.9 Å². The van der Waals surface area contributed by atoms with Crippen LogP contribution in [-0.2, 0) is 6.42 Å². The lowest BCUT2D eigenvalue weighted by Crippen LogP contribution is -2.00. The molecule has 1 aliphatic carbocycles. The molecule has 0 spiro atoms. The van der Waals surface area contributed by atoms with Crippen LogP contribution in [0.1, 0.15) is 24.0 Å². The van der Waals surface area contributed by atoms with Crippen LogP contribution in [0.5, 0.6) is 0 Å². The summed E-state index contributed by atoms with van der Waals surface area (Å²) in [6.07, 6.45) is 7.93. The maximum absolute atomic E-state index is 5.36. The van der Waals surface area contributed by atoms with E-state index in [2.05, 4.69) is 149 Å². The van der Waals surface area contributed by atoms with Crippen molar-refractivity contribution in [2.75, 3.05) is 0 Å². The van der Waals surface area contributed by atoms with Gasteiger partial charge in [0, 0.05) is 32.8 Å². The summed E-state index contributed by atoms with van der Waals surface area (Å²) < 4.78 is 4.78. The summed E-state index contributed by atoms with van der Waals surface area (Å²) in [5, 5.41) is 5.00. The van der Waals surface area contributed by atoms with Gasteiger partial charge in [0.05, 0.1) is 27.8 Å². The van der Waals surface area contributed by atoms with Gasteiger partial charge in [-0.15, -0.1) is 0 Å². The number of hydrogen-bond donors (Lipinski definition) is 0. The molecule has 3 heterocycles. The van der Waals surface area contributed by atoms with E-state index < -0.39 is 0 Å². The van der Waals surface area contributed by atoms with E-state index in [1.54, 1.807) is 0 Å². The second-order valence-corrected chi connectivity index (χ2v) is 11.4. The van der Waals surface area contributed by atoms with E-state index in [9.17, 15) is 0 Å². The van der Waals surface area contributed by atoms with Crippen molar-refractivity contribution < 1.29 is 0 Å². The van der Waals surface area contributed by atoms with Crippen LogP contribution in [0, 0.1) is 0 Å². The Kier molecular flexibility index (Phi) is 5.39. The van der Waals surface area contributed by atoms with E-state index in [0.29, 0.717) is 0 Å². The maximum atomic E-state index is 5.36. The van der Waals surface area contributed by atoms with Crippen LogP contribution in [0.2, 0.25) is 0 Å². The van der Waals surface area contributed by atoms with Crippen molar-refractivity contribution in [1.82, 2.24) is 14.1 Å². The van der Waals surface area contributed by atoms with Crippen molar-refractivity contribution >= 4 is 49.7 Å². The summed E-state index contributed by atoms with van der Waals surface area (Å²) in [6, 6.07) is 45.9. The van der Waals surface area contributed by atoms with Crippen LogP contribution < -0.4 is 0 Å². The third-order valence-corrected chi connectivity index (χ3v) is 9.03. The predicted molar refractivity (Wildman–Crippen MR) is 180 cm³/mol. The minimum Gasteiger partial charge on any atom is -0.309 e. The van der Waals surface area contributed by atoms with E-state index in [4.69, 9.17) is 4.98 Å². The van der Waals surface area contributed by atoms with Crippen LogP contribution in [0.4, 0.5) is 0 Å². The molecule has 0 saturated heterocycles. The number of benzene rings is 5. The molecule has 3 aromatic heterocycles. The number of fused-ring (bicyclic) bond motifs is 8. The number of pyridine rings is 1. The van der Waals surface area contributed by atoms with Gasteiger partial charge in [-0.3, -0.25) is 4.57 Å². The molecule has 5 aromatic carbocycles. The van der Waals surface area contributed by atoms with Crippen molar-refractivity contribution in [3.8, 4) is 22.8 Å². The molecule has 0 amide bonds. The number of aromatic nitrogens is 3. The highest BCUT2D eigenvalue weighted by Gasteiger charge is 2.21. The molecule has 0 bridgehead atoms. The Bertz CT molecular complexity index is 2370. The second-order valence-electron chi connectivity index (χ2n) is 11.4. The van der Waals surface area contributed by atoms with Crippen molar-refractivity contribution in [3.63, 3.8) is 0 Å². The SMILES string of the molecule is C1=Cc2cccc(-c3cccc(-n4c5ccccc5c5c4ccc4c6ccccc6n(-c6ccccc6)c45)n3)c2CCC1. The van der Waals surface area contributed by atoms with Crippen molar-refractivity contribution in [3.05, 3.63) is 145 Å². The van der Waals surface area contributed by atoms with Gasteiger partial charge in [-0.25, -0.2) is 4.98 Å². The Morgan fingerprint density at radius 3 is 2.21 bits per heavy atom. The highest BCUT2D eigenvalue weighted by molar-refractivity contribution is 6.26. The summed E-state index contributed by atoms with van der Waals surface area (Å²) in [5.41, 5.74) is 10.9. The molecule has 0 atom stereocenters. The van der Waals surface area contributed by atoms with Crippen LogP contribution in [-0.4, -0.2) is 14.1 Å². The van der Waals surface area contributed by atoms with E-state index in [0.717, 1.165) is 41.1 Å². The van der Waals surface area contributed by atoms with Gasteiger partial charge in [-0.1, -0.05) is 97.1 Å². The number of para-hydroxylation sites is 3. The van der Waals surface area contributed by atoms with Crippen LogP contribution in [0.3, 0.4) is 0 Å². The Morgan fingerprint density at radius 2 is 1.33 bits per heavy atom. The largest absolute Gasteiger partial charge is 0.309 e. The fourth-order valence-electron chi connectivity index (χ4n) is 7.19. The molecule has 0 N–H and O–H groups in total. The summed E-state index contributed by atoms with van der Waals surface area (Å²) in [7, 11) is 0. The molecule has 0 aliphatic heterocycles. The summed E-state index contributed by atoms with van der Waals surface area (Å²) >= 11 is 0. The van der Waals surface area contributed by atoms with E-state index in [1.807, 2.05) is 0 Å². The zero-order valence-electron chi connectivity index (χ0n) is 23.7. The number of nitrogens with zero attached hydrogens (tertiary/aromatic N) is 3. The fourth-order valence-corrected chi connectivity index (χ4v) is 7.19. The topological polar surface area (TPSA) is 22.8 Å². The summed E-state index contributed by atoms with van der Waals surface area (Å²) in [6.45, 7) is 0. The van der Waals surface area contributed by atoms with Gasteiger partial charge in [0.1, 0.15) is 5.82 Å². The normalized spacial score (nSPS) is 13.2. The Labute approximate surface area is 250 Å². The third kappa shape index (κ3) is 3.65. The molecule has 0 saturated carbocycles. The first-order chi connectivity index (χ1) is 21.4. The van der Waals surface area contributed by atoms with Crippen molar-refractivity contribution in [2.45, 2.75) is 19.3 Å². The first kappa shape index (κ1) is 24.2. The van der Waals surface area contributed by atoms with Gasteiger partial charge < -0.3 is 4.57 Å². The number of allylic oxidation sites excluding steroid dienone is 1. The Hall–Kier alpha value is -5.41. The van der Waals surface area contributed by atoms with E-state index >= 15 is 0 Å². The van der Waals surface area contributed by atoms with Crippen molar-refractivity contribution in [1.29, 1.82) is 0 Å². The second kappa shape index (κ2) is 9.57. The van der Waals surface area contributed by atoms with Crippen LogP contribution in [0.25, 0.3) is 72.5 Å². The third-order valence-electron chi connectivity index (χ3n) is 9.03. The molecule has 0 unspecified atom stereocenters. The molecule has 1 aliphatic rings. The maximum Gasteiger partial charge on any atom is 0.138 e. The van der Waals surface area contributed by atoms with Crippen molar-refractivity contribution in [2.24, 2.45) is 0 Å². The van der Waals surface area contributed by atoms with Crippen LogP contribution in [0.15, 0.2) is 133 Å². The minimum atomic E-state index is 0.937. The van der Waals surface area contributed by atoms with Gasteiger partial charge in [0.2, 0.25) is 0 Å².